The lowest BCUT2D eigenvalue weighted by atomic mass is 9.93. The number of anilines is 1. The van der Waals surface area contributed by atoms with Gasteiger partial charge in [-0.3, -0.25) is 19.3 Å². The minimum Gasteiger partial charge on any atom is -0.334 e. The molecule has 0 saturated heterocycles. The van der Waals surface area contributed by atoms with E-state index in [1.54, 1.807) is 12.4 Å². The topological polar surface area (TPSA) is 139 Å². The van der Waals surface area contributed by atoms with Crippen LogP contribution < -0.4 is 10.6 Å². The molecule has 0 saturated carbocycles. The second-order valence-electron chi connectivity index (χ2n) is 10.0. The normalized spacial score (nSPS) is 11.5. The van der Waals surface area contributed by atoms with Gasteiger partial charge in [0.2, 0.25) is 0 Å². The van der Waals surface area contributed by atoms with Gasteiger partial charge in [-0.25, -0.2) is 14.8 Å². The molecule has 10 nitrogen and oxygen atoms in total. The smallest absolute Gasteiger partial charge is 0.321 e. The number of benzene rings is 1. The summed E-state index contributed by atoms with van der Waals surface area (Å²) in [6.07, 6.45) is 8.22. The Hall–Kier alpha value is -4.13. The molecule has 0 spiro atoms. The molecule has 0 unspecified atom stereocenters. The molecule has 2 amide bonds. The molecule has 3 N–H and O–H groups in total. The molecule has 0 fully saturated rings. The lowest BCUT2D eigenvalue weighted by Gasteiger charge is -2.14. The Balaban J connectivity index is 0.000000681. The predicted molar refractivity (Wildman–Crippen MR) is 158 cm³/mol. The van der Waals surface area contributed by atoms with Crippen molar-refractivity contribution in [2.45, 2.75) is 32.7 Å². The highest BCUT2D eigenvalue weighted by Gasteiger charge is 2.18. The lowest BCUT2D eigenvalue weighted by molar-refractivity contribution is 0.251. The number of imidazole rings is 1. The molecular weight excluding hydrogens is 548 g/mol. The molecule has 0 aliphatic carbocycles. The maximum atomic E-state index is 12.3. The molecule has 5 aromatic rings. The first-order valence-electron chi connectivity index (χ1n) is 12.3. The SMILES string of the molecule is CC(C)(C)c1csc(NC(=O)NCc2ccc(-c3cnc4cc(-c5ccncc5)ccn34)cc2)n1.CS(=O)(=O)O. The summed E-state index contributed by atoms with van der Waals surface area (Å²) in [5.74, 6) is 0. The third kappa shape index (κ3) is 7.94. The largest absolute Gasteiger partial charge is 0.334 e. The second-order valence-corrected chi connectivity index (χ2v) is 12.4. The number of nitrogens with one attached hydrogen (secondary N) is 2. The Morgan fingerprint density at radius 3 is 2.33 bits per heavy atom. The number of nitrogens with zero attached hydrogens (tertiary/aromatic N) is 4. The molecule has 4 aromatic heterocycles. The van der Waals surface area contributed by atoms with E-state index in [1.165, 1.54) is 11.3 Å². The summed E-state index contributed by atoms with van der Waals surface area (Å²) in [5.41, 5.74) is 7.09. The van der Waals surface area contributed by atoms with E-state index < -0.39 is 10.1 Å². The monoisotopic (exact) mass is 578 g/mol. The van der Waals surface area contributed by atoms with E-state index in [0.717, 1.165) is 39.3 Å². The van der Waals surface area contributed by atoms with E-state index >= 15 is 0 Å². The minimum absolute atomic E-state index is 0.0443. The van der Waals surface area contributed by atoms with Gasteiger partial charge >= 0.3 is 6.03 Å². The highest BCUT2D eigenvalue weighted by Crippen LogP contribution is 2.27. The van der Waals surface area contributed by atoms with Gasteiger partial charge in [0.05, 0.1) is 23.8 Å². The number of aromatic nitrogens is 4. The van der Waals surface area contributed by atoms with Gasteiger partial charge in [-0.1, -0.05) is 45.0 Å². The van der Waals surface area contributed by atoms with Crippen LogP contribution >= 0.6 is 11.3 Å². The summed E-state index contributed by atoms with van der Waals surface area (Å²) >= 11 is 1.43. The fourth-order valence-corrected chi connectivity index (χ4v) is 4.64. The molecule has 12 heteroatoms. The molecule has 1 aromatic carbocycles. The Morgan fingerprint density at radius 2 is 1.70 bits per heavy atom. The molecule has 4 heterocycles. The van der Waals surface area contributed by atoms with E-state index in [2.05, 4.69) is 62.9 Å². The van der Waals surface area contributed by atoms with Crippen LogP contribution in [0.25, 0.3) is 28.0 Å². The van der Waals surface area contributed by atoms with E-state index in [0.29, 0.717) is 17.9 Å². The quantitative estimate of drug-likeness (QED) is 0.229. The number of urea groups is 1. The van der Waals surface area contributed by atoms with E-state index in [4.69, 9.17) is 4.55 Å². The van der Waals surface area contributed by atoms with Gasteiger partial charge in [-0.2, -0.15) is 8.42 Å². The zero-order chi connectivity index (χ0) is 28.9. The summed E-state index contributed by atoms with van der Waals surface area (Å²) in [4.78, 5) is 25.5. The van der Waals surface area contributed by atoms with Crippen LogP contribution in [0.15, 0.2) is 78.7 Å². The number of hydrogen-bond acceptors (Lipinski definition) is 7. The molecule has 208 valence electrons. The molecule has 0 aliphatic heterocycles. The number of hydrogen-bond donors (Lipinski definition) is 3. The van der Waals surface area contributed by atoms with Crippen molar-refractivity contribution in [2.24, 2.45) is 0 Å². The van der Waals surface area contributed by atoms with Crippen LogP contribution in [-0.4, -0.2) is 44.6 Å². The molecule has 40 heavy (non-hydrogen) atoms. The fraction of sp³-hybridized carbons (Fsp3) is 0.214. The number of amides is 2. The average Bonchev–Trinajstić information content (AvgIpc) is 3.54. The van der Waals surface area contributed by atoms with Crippen LogP contribution in [-0.2, 0) is 22.1 Å². The number of thiazole rings is 1. The lowest BCUT2D eigenvalue weighted by Crippen LogP contribution is -2.28. The number of pyridine rings is 2. The molecule has 0 radical (unpaired) electrons. The van der Waals surface area contributed by atoms with Crippen molar-refractivity contribution >= 4 is 38.3 Å². The Morgan fingerprint density at radius 1 is 1.02 bits per heavy atom. The van der Waals surface area contributed by atoms with E-state index in [-0.39, 0.29) is 11.4 Å². The van der Waals surface area contributed by atoms with Crippen molar-refractivity contribution in [2.75, 3.05) is 11.6 Å². The first kappa shape index (κ1) is 28.9. The van der Waals surface area contributed by atoms with Crippen LogP contribution in [0.5, 0.6) is 0 Å². The van der Waals surface area contributed by atoms with Crippen LogP contribution in [0.3, 0.4) is 0 Å². The summed E-state index contributed by atoms with van der Waals surface area (Å²) in [5, 5.41) is 8.29. The van der Waals surface area contributed by atoms with Crippen molar-refractivity contribution in [1.82, 2.24) is 24.7 Å². The Labute approximate surface area is 236 Å². The summed E-state index contributed by atoms with van der Waals surface area (Å²) in [6.45, 7) is 6.72. The first-order chi connectivity index (χ1) is 18.9. The number of carbonyl (C=O) groups is 1. The Bertz CT molecular complexity index is 1700. The van der Waals surface area contributed by atoms with Crippen molar-refractivity contribution in [3.8, 4) is 22.4 Å². The van der Waals surface area contributed by atoms with Crippen LogP contribution in [0, 0.1) is 0 Å². The maximum Gasteiger partial charge on any atom is 0.321 e. The van der Waals surface area contributed by atoms with E-state index in [1.807, 2.05) is 54.2 Å². The van der Waals surface area contributed by atoms with Gasteiger partial charge in [-0.15, -0.1) is 11.3 Å². The van der Waals surface area contributed by atoms with Gasteiger partial charge in [-0.05, 0) is 41.0 Å². The standard InChI is InChI=1S/C27H26N6OS.CH4O3S/c1-27(2,3)23-17-35-26(31-23)32-25(34)30-15-18-4-6-20(7-5-18)22-16-29-24-14-21(10-13-33(22)24)19-8-11-28-12-9-19;1-5(2,3)4/h4-14,16-17H,15H2,1-3H3,(H2,30,31,32,34);1H3,(H,2,3,4). The average molecular weight is 579 g/mol. The van der Waals surface area contributed by atoms with Crippen molar-refractivity contribution in [1.29, 1.82) is 0 Å². The van der Waals surface area contributed by atoms with Crippen molar-refractivity contribution < 1.29 is 17.8 Å². The minimum atomic E-state index is -3.67. The fourth-order valence-electron chi connectivity index (χ4n) is 3.71. The molecule has 0 atom stereocenters. The molecule has 0 bridgehead atoms. The predicted octanol–water partition coefficient (Wildman–Crippen LogP) is 5.64. The van der Waals surface area contributed by atoms with Crippen molar-refractivity contribution in [3.05, 3.63) is 90.0 Å². The zero-order valence-electron chi connectivity index (χ0n) is 22.5. The van der Waals surface area contributed by atoms with Crippen LogP contribution in [0.2, 0.25) is 0 Å². The second kappa shape index (κ2) is 11.9. The Kier molecular flexibility index (Phi) is 8.62. The van der Waals surface area contributed by atoms with Crippen LogP contribution in [0.1, 0.15) is 32.0 Å². The van der Waals surface area contributed by atoms with Gasteiger partial charge in [0.25, 0.3) is 10.1 Å². The summed E-state index contributed by atoms with van der Waals surface area (Å²) < 4.78 is 27.9. The highest BCUT2D eigenvalue weighted by molar-refractivity contribution is 7.85. The third-order valence-electron chi connectivity index (χ3n) is 5.72. The molecule has 5 rings (SSSR count). The molecule has 0 aliphatic rings. The zero-order valence-corrected chi connectivity index (χ0v) is 24.1. The van der Waals surface area contributed by atoms with Crippen molar-refractivity contribution in [3.63, 3.8) is 0 Å². The highest BCUT2D eigenvalue weighted by atomic mass is 32.2. The summed E-state index contributed by atoms with van der Waals surface area (Å²) in [7, 11) is -3.67. The number of fused-ring (bicyclic) bond motifs is 1. The third-order valence-corrected chi connectivity index (χ3v) is 6.48. The number of rotatable bonds is 5. The first-order valence-corrected chi connectivity index (χ1v) is 15.0. The molecular formula is C28H30N6O4S2. The van der Waals surface area contributed by atoms with Crippen LogP contribution in [0.4, 0.5) is 9.93 Å². The number of carbonyl (C=O) groups excluding carboxylic acids is 1. The van der Waals surface area contributed by atoms with Gasteiger partial charge in [0, 0.05) is 41.5 Å². The summed E-state index contributed by atoms with van der Waals surface area (Å²) in [6, 6.07) is 16.0. The van der Waals surface area contributed by atoms with E-state index in [9.17, 15) is 13.2 Å². The van der Waals surface area contributed by atoms with Gasteiger partial charge < -0.3 is 5.32 Å². The van der Waals surface area contributed by atoms with Gasteiger partial charge in [0.1, 0.15) is 5.65 Å². The maximum absolute atomic E-state index is 12.3. The van der Waals surface area contributed by atoms with Gasteiger partial charge in [0.15, 0.2) is 5.13 Å².